The van der Waals surface area contributed by atoms with E-state index < -0.39 is 0 Å². The molecule has 4 nitrogen and oxygen atoms in total. The van der Waals surface area contributed by atoms with Crippen LogP contribution in [0.15, 0.2) is 54.2 Å². The molecule has 3 rings (SSSR count). The summed E-state index contributed by atoms with van der Waals surface area (Å²) in [7, 11) is 1.78. The number of amides is 1. The number of benzene rings is 2. The number of hydrogen-bond acceptors (Lipinski definition) is 3. The van der Waals surface area contributed by atoms with Gasteiger partial charge in [-0.2, -0.15) is 0 Å². The Morgan fingerprint density at radius 2 is 1.85 bits per heavy atom. The Morgan fingerprint density at radius 3 is 2.50 bits per heavy atom. The van der Waals surface area contributed by atoms with Crippen LogP contribution < -0.4 is 4.74 Å². The highest BCUT2D eigenvalue weighted by Crippen LogP contribution is 2.27. The highest BCUT2D eigenvalue weighted by atomic mass is 32.1. The topological polar surface area (TPSA) is 32.8 Å². The second kappa shape index (κ2) is 7.66. The number of hydrogen-bond donors (Lipinski definition) is 0. The minimum atomic E-state index is -0.280. The lowest BCUT2D eigenvalue weighted by molar-refractivity contribution is -0.122. The predicted molar refractivity (Wildman–Crippen MR) is 103 cm³/mol. The smallest absolute Gasteiger partial charge is 0.276 e. The number of ether oxygens (including phenoxy) is 1. The first-order valence-electron chi connectivity index (χ1n) is 8.28. The first-order valence-corrected chi connectivity index (χ1v) is 8.69. The lowest BCUT2D eigenvalue weighted by atomic mass is 10.1. The highest BCUT2D eigenvalue weighted by molar-refractivity contribution is 7.80. The zero-order valence-electron chi connectivity index (χ0n) is 14.6. The molecule has 1 saturated heterocycles. The molecule has 26 heavy (non-hydrogen) atoms. The molecule has 6 heteroatoms. The summed E-state index contributed by atoms with van der Waals surface area (Å²) in [6, 6.07) is 13.6. The van der Waals surface area contributed by atoms with Gasteiger partial charge in [-0.05, 0) is 49.0 Å². The number of carbonyl (C=O) groups excluding carboxylic acids is 1. The Labute approximate surface area is 157 Å². The van der Waals surface area contributed by atoms with Crippen molar-refractivity contribution in [2.24, 2.45) is 0 Å². The Hall–Kier alpha value is -2.73. The average molecular weight is 370 g/mol. The van der Waals surface area contributed by atoms with E-state index in [-0.39, 0.29) is 11.7 Å². The van der Waals surface area contributed by atoms with Crippen molar-refractivity contribution < 1.29 is 13.9 Å². The van der Waals surface area contributed by atoms with Gasteiger partial charge < -0.3 is 9.64 Å². The minimum Gasteiger partial charge on any atom is -0.488 e. The maximum Gasteiger partial charge on any atom is 0.276 e. The molecule has 0 bridgehead atoms. The van der Waals surface area contributed by atoms with Crippen LogP contribution in [0.2, 0.25) is 0 Å². The third kappa shape index (κ3) is 3.60. The van der Waals surface area contributed by atoms with Gasteiger partial charge in [0.1, 0.15) is 23.9 Å². The summed E-state index contributed by atoms with van der Waals surface area (Å²) in [6.45, 7) is 2.73. The summed E-state index contributed by atoms with van der Waals surface area (Å²) in [5, 5.41) is 0.494. The molecule has 0 spiro atoms. The quantitative estimate of drug-likeness (QED) is 0.592. The van der Waals surface area contributed by atoms with Crippen LogP contribution in [0.4, 0.5) is 4.39 Å². The third-order valence-electron chi connectivity index (χ3n) is 4.18. The molecule has 2 aromatic carbocycles. The normalized spacial score (nSPS) is 15.9. The van der Waals surface area contributed by atoms with Gasteiger partial charge in [-0.25, -0.2) is 4.39 Å². The Bertz CT molecular complexity index is 864. The summed E-state index contributed by atoms with van der Waals surface area (Å²) in [6.07, 6.45) is 1.78. The number of nitrogens with zero attached hydrogens (tertiary/aromatic N) is 2. The first kappa shape index (κ1) is 18.1. The van der Waals surface area contributed by atoms with Crippen molar-refractivity contribution in [3.8, 4) is 5.75 Å². The van der Waals surface area contributed by atoms with E-state index in [1.54, 1.807) is 35.1 Å². The second-order valence-electron chi connectivity index (χ2n) is 5.87. The molecule has 0 aromatic heterocycles. The summed E-state index contributed by atoms with van der Waals surface area (Å²) in [5.74, 6) is 0.248. The van der Waals surface area contributed by atoms with E-state index >= 15 is 0 Å². The molecular weight excluding hydrogens is 351 g/mol. The Kier molecular flexibility index (Phi) is 5.32. The van der Waals surface area contributed by atoms with Gasteiger partial charge in [0.15, 0.2) is 5.11 Å². The summed E-state index contributed by atoms with van der Waals surface area (Å²) >= 11 is 5.32. The Morgan fingerprint density at radius 1 is 1.15 bits per heavy atom. The standard InChI is InChI=1S/C20H19FN2O2S/c1-3-23-19(24)17(22(2)20(23)26)12-15-6-4-5-7-18(15)25-13-14-8-10-16(21)11-9-14/h4-12H,3,13H2,1-2H3/b17-12-. The average Bonchev–Trinajstić information content (AvgIpc) is 2.85. The molecule has 1 heterocycles. The van der Waals surface area contributed by atoms with E-state index in [0.717, 1.165) is 11.1 Å². The van der Waals surface area contributed by atoms with E-state index in [2.05, 4.69) is 0 Å². The van der Waals surface area contributed by atoms with E-state index in [4.69, 9.17) is 17.0 Å². The van der Waals surface area contributed by atoms with Gasteiger partial charge in [-0.3, -0.25) is 9.69 Å². The van der Waals surface area contributed by atoms with Gasteiger partial charge in [0.05, 0.1) is 0 Å². The molecule has 0 radical (unpaired) electrons. The first-order chi connectivity index (χ1) is 12.5. The number of likely N-dealkylation sites (N-methyl/N-ethyl adjacent to an activating group) is 2. The van der Waals surface area contributed by atoms with Gasteiger partial charge in [0.25, 0.3) is 5.91 Å². The molecular formula is C20H19FN2O2S. The van der Waals surface area contributed by atoms with Crippen LogP contribution in [0.5, 0.6) is 5.75 Å². The molecule has 0 N–H and O–H groups in total. The lowest BCUT2D eigenvalue weighted by Gasteiger charge is -2.14. The minimum absolute atomic E-state index is 0.117. The van der Waals surface area contributed by atoms with E-state index in [1.807, 2.05) is 31.2 Å². The molecule has 134 valence electrons. The van der Waals surface area contributed by atoms with Crippen LogP contribution in [-0.2, 0) is 11.4 Å². The van der Waals surface area contributed by atoms with Crippen molar-refractivity contribution >= 4 is 29.3 Å². The summed E-state index contributed by atoms with van der Waals surface area (Å²) in [5.41, 5.74) is 2.15. The van der Waals surface area contributed by atoms with Gasteiger partial charge in [-0.15, -0.1) is 0 Å². The second-order valence-corrected chi connectivity index (χ2v) is 6.24. The fourth-order valence-electron chi connectivity index (χ4n) is 2.71. The van der Waals surface area contributed by atoms with Crippen LogP contribution in [0, 0.1) is 5.82 Å². The number of thiocarbonyl (C=S) groups is 1. The third-order valence-corrected chi connectivity index (χ3v) is 4.67. The molecule has 0 saturated carbocycles. The van der Waals surface area contributed by atoms with Crippen molar-refractivity contribution in [3.63, 3.8) is 0 Å². The number of para-hydroxylation sites is 1. The number of carbonyl (C=O) groups is 1. The van der Waals surface area contributed by atoms with Crippen molar-refractivity contribution in [1.29, 1.82) is 0 Å². The molecule has 1 amide bonds. The zero-order valence-corrected chi connectivity index (χ0v) is 15.4. The molecule has 1 fully saturated rings. The largest absolute Gasteiger partial charge is 0.488 e. The maximum absolute atomic E-state index is 13.0. The van der Waals surface area contributed by atoms with Crippen LogP contribution in [0.25, 0.3) is 6.08 Å². The molecule has 2 aromatic rings. The number of rotatable bonds is 5. The maximum atomic E-state index is 13.0. The van der Waals surface area contributed by atoms with Crippen molar-refractivity contribution in [3.05, 3.63) is 71.2 Å². The lowest BCUT2D eigenvalue weighted by Crippen LogP contribution is -2.30. The van der Waals surface area contributed by atoms with Crippen LogP contribution in [0.1, 0.15) is 18.1 Å². The van der Waals surface area contributed by atoms with Crippen molar-refractivity contribution in [1.82, 2.24) is 9.80 Å². The fraction of sp³-hybridized carbons (Fsp3) is 0.200. The van der Waals surface area contributed by atoms with Gasteiger partial charge in [0, 0.05) is 19.2 Å². The summed E-state index contributed by atoms with van der Waals surface area (Å²) < 4.78 is 18.9. The van der Waals surface area contributed by atoms with E-state index in [0.29, 0.717) is 29.7 Å². The van der Waals surface area contributed by atoms with Crippen LogP contribution in [0.3, 0.4) is 0 Å². The molecule has 0 aliphatic carbocycles. The Balaban J connectivity index is 1.84. The van der Waals surface area contributed by atoms with Crippen molar-refractivity contribution in [2.45, 2.75) is 13.5 Å². The predicted octanol–water partition coefficient (Wildman–Crippen LogP) is 3.82. The van der Waals surface area contributed by atoms with E-state index in [1.165, 1.54) is 12.1 Å². The zero-order chi connectivity index (χ0) is 18.7. The highest BCUT2D eigenvalue weighted by Gasteiger charge is 2.34. The van der Waals surface area contributed by atoms with E-state index in [9.17, 15) is 9.18 Å². The summed E-state index contributed by atoms with van der Waals surface area (Å²) in [4.78, 5) is 15.8. The molecule has 0 atom stereocenters. The van der Waals surface area contributed by atoms with Gasteiger partial charge in [0.2, 0.25) is 0 Å². The molecule has 1 aliphatic rings. The van der Waals surface area contributed by atoms with Crippen LogP contribution in [-0.4, -0.2) is 34.4 Å². The fourth-order valence-corrected chi connectivity index (χ4v) is 3.02. The van der Waals surface area contributed by atoms with Gasteiger partial charge in [-0.1, -0.05) is 30.3 Å². The van der Waals surface area contributed by atoms with Crippen LogP contribution >= 0.6 is 12.2 Å². The number of halogens is 1. The molecule has 1 aliphatic heterocycles. The SMILES string of the molecule is CCN1C(=O)/C(=C/c2ccccc2OCc2ccc(F)cc2)N(C)C1=S. The monoisotopic (exact) mass is 370 g/mol. The van der Waals surface area contributed by atoms with Crippen molar-refractivity contribution in [2.75, 3.05) is 13.6 Å². The molecule has 0 unspecified atom stereocenters. The van der Waals surface area contributed by atoms with Gasteiger partial charge >= 0.3 is 0 Å².